The van der Waals surface area contributed by atoms with Crippen molar-refractivity contribution in [1.82, 2.24) is 0 Å². The van der Waals surface area contributed by atoms with Crippen LogP contribution in [0.25, 0.3) is 0 Å². The van der Waals surface area contributed by atoms with E-state index < -0.39 is 17.0 Å². The molecule has 0 fully saturated rings. The lowest BCUT2D eigenvalue weighted by molar-refractivity contribution is -0.131. The Morgan fingerprint density at radius 2 is 2.33 bits per heavy atom. The van der Waals surface area contributed by atoms with Gasteiger partial charge in [0.25, 0.3) is 0 Å². The van der Waals surface area contributed by atoms with E-state index >= 15 is 0 Å². The Hall–Kier alpha value is -0.680. The van der Waals surface area contributed by atoms with Crippen molar-refractivity contribution in [3.63, 3.8) is 0 Å². The summed E-state index contributed by atoms with van der Waals surface area (Å²) < 4.78 is 19.5. The van der Waals surface area contributed by atoms with Crippen LogP contribution in [0.1, 0.15) is 0 Å². The standard InChI is InChI=1S/C4H6O4S/c5-4(6)2-1-3-9(7)8/h1-2H,3H2,(H,5,6)(H,7,8)/p-1/b2-1+. The van der Waals surface area contributed by atoms with Crippen LogP contribution in [0.3, 0.4) is 0 Å². The van der Waals surface area contributed by atoms with Gasteiger partial charge in [0.05, 0.1) is 0 Å². The van der Waals surface area contributed by atoms with Crippen molar-refractivity contribution in [2.24, 2.45) is 0 Å². The summed E-state index contributed by atoms with van der Waals surface area (Å²) in [5.74, 6) is -1.38. The molecular weight excluding hydrogens is 144 g/mol. The summed E-state index contributed by atoms with van der Waals surface area (Å²) in [5.41, 5.74) is 0. The Morgan fingerprint density at radius 3 is 2.67 bits per heavy atom. The first-order valence-electron chi connectivity index (χ1n) is 2.08. The van der Waals surface area contributed by atoms with Gasteiger partial charge in [0.2, 0.25) is 0 Å². The van der Waals surface area contributed by atoms with Crippen molar-refractivity contribution in [2.75, 3.05) is 5.75 Å². The molecule has 1 unspecified atom stereocenters. The van der Waals surface area contributed by atoms with Gasteiger partial charge in [0, 0.05) is 11.8 Å². The van der Waals surface area contributed by atoms with Crippen LogP contribution < -0.4 is 0 Å². The van der Waals surface area contributed by atoms with E-state index in [4.69, 9.17) is 5.11 Å². The molecule has 0 aromatic heterocycles. The van der Waals surface area contributed by atoms with E-state index in [0.717, 1.165) is 12.2 Å². The van der Waals surface area contributed by atoms with Gasteiger partial charge in [0.1, 0.15) is 0 Å². The first-order chi connectivity index (χ1) is 4.13. The highest BCUT2D eigenvalue weighted by atomic mass is 32.2. The molecule has 0 aliphatic rings. The average Bonchev–Trinajstić information content (AvgIpc) is 1.63. The lowest BCUT2D eigenvalue weighted by atomic mass is 10.5. The quantitative estimate of drug-likeness (QED) is 0.433. The zero-order valence-electron chi connectivity index (χ0n) is 4.44. The van der Waals surface area contributed by atoms with Gasteiger partial charge in [-0.05, 0) is 0 Å². The SMILES string of the molecule is O=C(O)/C=C/CS(=O)[O-]. The van der Waals surface area contributed by atoms with Gasteiger partial charge in [-0.15, -0.1) is 0 Å². The summed E-state index contributed by atoms with van der Waals surface area (Å²) in [4.78, 5) is 9.69. The van der Waals surface area contributed by atoms with Crippen LogP contribution in [-0.4, -0.2) is 25.6 Å². The van der Waals surface area contributed by atoms with Crippen LogP contribution in [0.4, 0.5) is 0 Å². The number of aliphatic carboxylic acids is 1. The number of hydrogen-bond donors (Lipinski definition) is 1. The van der Waals surface area contributed by atoms with E-state index in [1.165, 1.54) is 0 Å². The molecule has 0 aliphatic carbocycles. The summed E-state index contributed by atoms with van der Waals surface area (Å²) >= 11 is -2.18. The molecule has 52 valence electrons. The minimum absolute atomic E-state index is 0.244. The molecule has 0 heterocycles. The number of carboxylic acids is 1. The monoisotopic (exact) mass is 149 g/mol. The molecule has 9 heavy (non-hydrogen) atoms. The largest absolute Gasteiger partial charge is 0.772 e. The molecule has 0 rings (SSSR count). The van der Waals surface area contributed by atoms with Crippen LogP contribution in [-0.2, 0) is 15.9 Å². The minimum Gasteiger partial charge on any atom is -0.772 e. The molecule has 0 spiro atoms. The molecule has 0 radical (unpaired) electrons. The summed E-state index contributed by atoms with van der Waals surface area (Å²) in [6, 6.07) is 0. The summed E-state index contributed by atoms with van der Waals surface area (Å²) in [7, 11) is 0. The molecule has 4 nitrogen and oxygen atoms in total. The minimum atomic E-state index is -2.18. The molecule has 0 bridgehead atoms. The van der Waals surface area contributed by atoms with Gasteiger partial charge >= 0.3 is 5.97 Å². The van der Waals surface area contributed by atoms with Gasteiger partial charge in [-0.2, -0.15) is 0 Å². The zero-order chi connectivity index (χ0) is 7.28. The van der Waals surface area contributed by atoms with Crippen molar-refractivity contribution in [3.05, 3.63) is 12.2 Å². The van der Waals surface area contributed by atoms with E-state index in [9.17, 15) is 13.6 Å². The number of hydrogen-bond acceptors (Lipinski definition) is 3. The van der Waals surface area contributed by atoms with E-state index in [1.54, 1.807) is 0 Å². The molecule has 0 aromatic rings. The third kappa shape index (κ3) is 7.32. The van der Waals surface area contributed by atoms with Crippen molar-refractivity contribution in [3.8, 4) is 0 Å². The molecule has 1 atom stereocenters. The van der Waals surface area contributed by atoms with Gasteiger partial charge in [-0.1, -0.05) is 17.2 Å². The molecule has 1 N–H and O–H groups in total. The summed E-state index contributed by atoms with van der Waals surface area (Å²) in [6.45, 7) is 0. The fraction of sp³-hybridized carbons (Fsp3) is 0.250. The first kappa shape index (κ1) is 8.32. The Bertz CT molecular complexity index is 151. The Labute approximate surface area is 54.5 Å². The zero-order valence-corrected chi connectivity index (χ0v) is 5.26. The maximum atomic E-state index is 9.74. The average molecular weight is 149 g/mol. The second kappa shape index (κ2) is 4.22. The lowest BCUT2D eigenvalue weighted by Crippen LogP contribution is -1.92. The lowest BCUT2D eigenvalue weighted by Gasteiger charge is -1.96. The summed E-state index contributed by atoms with van der Waals surface area (Å²) in [6.07, 6.45) is 1.85. The fourth-order valence-corrected chi connectivity index (χ4v) is 0.481. The van der Waals surface area contributed by atoms with E-state index in [0.29, 0.717) is 0 Å². The van der Waals surface area contributed by atoms with Gasteiger partial charge in [0.15, 0.2) is 0 Å². The molecule has 5 heteroatoms. The van der Waals surface area contributed by atoms with Crippen molar-refractivity contribution >= 4 is 17.0 Å². The van der Waals surface area contributed by atoms with Gasteiger partial charge in [-0.25, -0.2) is 4.79 Å². The van der Waals surface area contributed by atoms with Gasteiger partial charge < -0.3 is 9.66 Å². The van der Waals surface area contributed by atoms with E-state index in [-0.39, 0.29) is 5.75 Å². The number of carboxylic acid groups (broad SMARTS) is 1. The van der Waals surface area contributed by atoms with Crippen molar-refractivity contribution in [2.45, 2.75) is 0 Å². The van der Waals surface area contributed by atoms with E-state index in [2.05, 4.69) is 0 Å². The molecule has 0 amide bonds. The second-order valence-electron chi connectivity index (χ2n) is 1.21. The Balaban J connectivity index is 3.48. The molecule has 0 aromatic carbocycles. The normalized spacial score (nSPS) is 13.9. The molecule has 0 saturated heterocycles. The Morgan fingerprint density at radius 1 is 1.78 bits per heavy atom. The van der Waals surface area contributed by atoms with Gasteiger partial charge in [-0.3, -0.25) is 4.21 Å². The van der Waals surface area contributed by atoms with Crippen LogP contribution in [0.15, 0.2) is 12.2 Å². The maximum absolute atomic E-state index is 9.74. The van der Waals surface area contributed by atoms with Crippen LogP contribution in [0.5, 0.6) is 0 Å². The smallest absolute Gasteiger partial charge is 0.328 e. The molecule has 0 saturated carbocycles. The second-order valence-corrected chi connectivity index (χ2v) is 2.15. The first-order valence-corrected chi connectivity index (χ1v) is 3.32. The predicted molar refractivity (Wildman–Crippen MR) is 30.6 cm³/mol. The topological polar surface area (TPSA) is 77.4 Å². The third-order valence-electron chi connectivity index (χ3n) is 0.493. The van der Waals surface area contributed by atoms with Crippen LogP contribution >= 0.6 is 0 Å². The molecule has 0 aliphatic heterocycles. The number of carbonyl (C=O) groups is 1. The highest BCUT2D eigenvalue weighted by Gasteiger charge is 1.82. The van der Waals surface area contributed by atoms with E-state index in [1.807, 2.05) is 0 Å². The Kier molecular flexibility index (Phi) is 3.90. The van der Waals surface area contributed by atoms with Crippen molar-refractivity contribution in [1.29, 1.82) is 0 Å². The maximum Gasteiger partial charge on any atom is 0.328 e. The van der Waals surface area contributed by atoms with Crippen molar-refractivity contribution < 1.29 is 18.7 Å². The number of rotatable bonds is 3. The highest BCUT2D eigenvalue weighted by molar-refractivity contribution is 7.79. The highest BCUT2D eigenvalue weighted by Crippen LogP contribution is 1.76. The predicted octanol–water partition coefficient (Wildman–Crippen LogP) is -0.494. The summed E-state index contributed by atoms with van der Waals surface area (Å²) in [5, 5.41) is 7.94. The third-order valence-corrected chi connectivity index (χ3v) is 0.957. The fourth-order valence-electron chi connectivity index (χ4n) is 0.227. The van der Waals surface area contributed by atoms with Crippen LogP contribution in [0, 0.1) is 0 Å². The van der Waals surface area contributed by atoms with Crippen LogP contribution in [0.2, 0.25) is 0 Å². The molecular formula is C4H5O4S-.